The Morgan fingerprint density at radius 2 is 1.82 bits per heavy atom. The highest BCUT2D eigenvalue weighted by atomic mass is 32.1. The molecule has 0 amide bonds. The van der Waals surface area contributed by atoms with E-state index in [2.05, 4.69) is 20.1 Å². The molecule has 4 rings (SSSR count). The molecule has 6 nitrogen and oxygen atoms in total. The highest BCUT2D eigenvalue weighted by molar-refractivity contribution is 7.13. The molecule has 0 spiro atoms. The summed E-state index contributed by atoms with van der Waals surface area (Å²) >= 11 is 2.75. The average molecular weight is 517 g/mol. The van der Waals surface area contributed by atoms with E-state index in [1.165, 1.54) is 35.5 Å². The molecule has 0 N–H and O–H groups in total. The Morgan fingerprint density at radius 3 is 2.53 bits per heavy atom. The van der Waals surface area contributed by atoms with E-state index in [-0.39, 0.29) is 11.0 Å². The van der Waals surface area contributed by atoms with Crippen molar-refractivity contribution in [3.8, 4) is 5.19 Å². The van der Waals surface area contributed by atoms with Crippen LogP contribution >= 0.6 is 22.7 Å². The van der Waals surface area contributed by atoms with Crippen LogP contribution in [0.3, 0.4) is 0 Å². The zero-order valence-electron chi connectivity index (χ0n) is 19.4. The number of carbonyl (C=O) groups is 1. The Bertz CT molecular complexity index is 929. The van der Waals surface area contributed by atoms with E-state index < -0.39 is 12.8 Å². The third-order valence-corrected chi connectivity index (χ3v) is 8.60. The second-order valence-corrected chi connectivity index (χ2v) is 11.7. The molecule has 1 aliphatic heterocycles. The first kappa shape index (κ1) is 25.5. The summed E-state index contributed by atoms with van der Waals surface area (Å²) in [6.45, 7) is 3.44. The van der Waals surface area contributed by atoms with Crippen molar-refractivity contribution < 1.29 is 22.7 Å². The summed E-state index contributed by atoms with van der Waals surface area (Å²) in [5.41, 5.74) is 0.888. The molecule has 0 bridgehead atoms. The van der Waals surface area contributed by atoms with Gasteiger partial charge in [-0.1, -0.05) is 24.2 Å². The fourth-order valence-electron chi connectivity index (χ4n) is 4.88. The topological polar surface area (TPSA) is 68.2 Å². The number of Topliss-reactive ketones (excluding diaryl/α,β-unsaturated/α-hetero) is 1. The monoisotopic (exact) mass is 516 g/mol. The Hall–Kier alpha value is -1.59. The van der Waals surface area contributed by atoms with Crippen molar-refractivity contribution in [3.63, 3.8) is 0 Å². The number of aromatic nitrogens is 3. The zero-order valence-corrected chi connectivity index (χ0v) is 21.0. The van der Waals surface area contributed by atoms with Gasteiger partial charge in [-0.2, -0.15) is 13.2 Å². The van der Waals surface area contributed by atoms with Gasteiger partial charge in [0, 0.05) is 30.8 Å². The fraction of sp³-hybridized carbons (Fsp3) is 0.739. The van der Waals surface area contributed by atoms with Gasteiger partial charge in [0.15, 0.2) is 6.61 Å². The molecule has 1 aliphatic carbocycles. The summed E-state index contributed by atoms with van der Waals surface area (Å²) in [7, 11) is 0. The first-order valence-electron chi connectivity index (χ1n) is 11.9. The highest BCUT2D eigenvalue weighted by Gasteiger charge is 2.30. The molecule has 2 aromatic heterocycles. The maximum Gasteiger partial charge on any atom is 0.422 e. The predicted molar refractivity (Wildman–Crippen MR) is 126 cm³/mol. The Labute approximate surface area is 205 Å². The molecular weight excluding hydrogens is 485 g/mol. The summed E-state index contributed by atoms with van der Waals surface area (Å²) in [5.74, 6) is 1.47. The number of halogens is 3. The summed E-state index contributed by atoms with van der Waals surface area (Å²) in [6.07, 6.45) is 4.05. The Kier molecular flexibility index (Phi) is 8.57. The van der Waals surface area contributed by atoms with Crippen LogP contribution in [0.5, 0.6) is 5.19 Å². The van der Waals surface area contributed by atoms with Gasteiger partial charge in [-0.3, -0.25) is 4.79 Å². The van der Waals surface area contributed by atoms with Crippen LogP contribution < -0.4 is 4.74 Å². The van der Waals surface area contributed by atoms with Crippen molar-refractivity contribution in [2.45, 2.75) is 70.9 Å². The van der Waals surface area contributed by atoms with Gasteiger partial charge in [-0.15, -0.1) is 21.5 Å². The minimum Gasteiger partial charge on any atom is -0.460 e. The lowest BCUT2D eigenvalue weighted by Gasteiger charge is -2.30. The molecule has 2 aliphatic rings. The number of thiazole rings is 1. The van der Waals surface area contributed by atoms with Crippen LogP contribution in [-0.2, 0) is 24.1 Å². The van der Waals surface area contributed by atoms with Crippen LogP contribution in [-0.4, -0.2) is 58.3 Å². The Balaban J connectivity index is 1.13. The van der Waals surface area contributed by atoms with Crippen molar-refractivity contribution in [1.29, 1.82) is 0 Å². The van der Waals surface area contributed by atoms with Crippen LogP contribution in [0.4, 0.5) is 13.2 Å². The third-order valence-electron chi connectivity index (χ3n) is 6.69. The van der Waals surface area contributed by atoms with E-state index in [0.29, 0.717) is 24.7 Å². The van der Waals surface area contributed by atoms with Gasteiger partial charge < -0.3 is 9.64 Å². The summed E-state index contributed by atoms with van der Waals surface area (Å²) < 4.78 is 41.9. The molecule has 2 aromatic rings. The van der Waals surface area contributed by atoms with E-state index >= 15 is 0 Å². The molecule has 34 heavy (non-hydrogen) atoms. The van der Waals surface area contributed by atoms with Crippen molar-refractivity contribution in [2.24, 2.45) is 11.8 Å². The van der Waals surface area contributed by atoms with E-state index in [9.17, 15) is 18.0 Å². The number of ketones is 1. The third kappa shape index (κ3) is 7.71. The number of hydrogen-bond acceptors (Lipinski definition) is 8. The van der Waals surface area contributed by atoms with Gasteiger partial charge in [0.05, 0.1) is 12.1 Å². The van der Waals surface area contributed by atoms with Crippen LogP contribution in [0.2, 0.25) is 0 Å². The first-order chi connectivity index (χ1) is 16.2. The molecule has 1 saturated carbocycles. The second kappa shape index (κ2) is 11.4. The van der Waals surface area contributed by atoms with Gasteiger partial charge in [0.25, 0.3) is 5.19 Å². The number of ether oxygens (including phenoxy) is 1. The van der Waals surface area contributed by atoms with Gasteiger partial charge in [-0.05, 0) is 51.0 Å². The number of alkyl halides is 3. The summed E-state index contributed by atoms with van der Waals surface area (Å²) in [5, 5.41) is 9.90. The second-order valence-electron chi connectivity index (χ2n) is 9.40. The molecule has 0 unspecified atom stereocenters. The Morgan fingerprint density at radius 1 is 1.09 bits per heavy atom. The van der Waals surface area contributed by atoms with Gasteiger partial charge in [0.2, 0.25) is 0 Å². The molecule has 1 fully saturated rings. The summed E-state index contributed by atoms with van der Waals surface area (Å²) in [6, 6.07) is 0. The first-order valence-corrected chi connectivity index (χ1v) is 13.6. The van der Waals surface area contributed by atoms with E-state index in [1.54, 1.807) is 0 Å². The van der Waals surface area contributed by atoms with Crippen molar-refractivity contribution in [1.82, 2.24) is 20.1 Å². The lowest BCUT2D eigenvalue weighted by atomic mass is 9.78. The van der Waals surface area contributed by atoms with Gasteiger partial charge in [-0.25, -0.2) is 4.98 Å². The van der Waals surface area contributed by atoms with Crippen LogP contribution in [0.1, 0.15) is 59.1 Å². The quantitative estimate of drug-likeness (QED) is 0.465. The SMILES string of the molecule is Cc1nnc(CC(=O)CC2CCC(CCN3CCc4nc(OCC(F)(F)F)sc4CC3)CC2)s1. The average Bonchev–Trinajstić information content (AvgIpc) is 3.32. The highest BCUT2D eigenvalue weighted by Crippen LogP contribution is 2.34. The predicted octanol–water partition coefficient (Wildman–Crippen LogP) is 5.04. The fourth-order valence-corrected chi connectivity index (χ4v) is 6.56. The van der Waals surface area contributed by atoms with Gasteiger partial charge >= 0.3 is 6.18 Å². The number of fused-ring (bicyclic) bond motifs is 1. The lowest BCUT2D eigenvalue weighted by molar-refractivity contribution is -0.153. The zero-order chi connectivity index (χ0) is 24.1. The number of aryl methyl sites for hydroxylation is 1. The maximum absolute atomic E-state index is 12.4. The minimum atomic E-state index is -4.34. The van der Waals surface area contributed by atoms with E-state index in [4.69, 9.17) is 4.74 Å². The molecular formula is C23H31F3N4O2S2. The van der Waals surface area contributed by atoms with E-state index in [0.717, 1.165) is 72.3 Å². The van der Waals surface area contributed by atoms with Gasteiger partial charge in [0.1, 0.15) is 15.8 Å². The molecule has 0 radical (unpaired) electrons. The lowest BCUT2D eigenvalue weighted by Crippen LogP contribution is -2.30. The van der Waals surface area contributed by atoms with Crippen molar-refractivity contribution in [2.75, 3.05) is 26.2 Å². The molecule has 3 heterocycles. The van der Waals surface area contributed by atoms with Crippen LogP contribution in [0.15, 0.2) is 0 Å². The standard InChI is InChI=1S/C23H31F3N4O2S2/c1-15-28-29-21(33-15)13-18(31)12-17-4-2-16(3-5-17)6-9-30-10-7-19-20(8-11-30)34-22(27-19)32-14-23(24,25)26/h16-17H,2-14H2,1H3. The smallest absolute Gasteiger partial charge is 0.422 e. The number of nitrogens with zero attached hydrogens (tertiary/aromatic N) is 4. The molecule has 188 valence electrons. The largest absolute Gasteiger partial charge is 0.460 e. The van der Waals surface area contributed by atoms with Crippen LogP contribution in [0, 0.1) is 18.8 Å². The summed E-state index contributed by atoms with van der Waals surface area (Å²) in [4.78, 5) is 20.2. The van der Waals surface area contributed by atoms with Crippen molar-refractivity contribution >= 4 is 28.5 Å². The van der Waals surface area contributed by atoms with Crippen LogP contribution in [0.25, 0.3) is 0 Å². The van der Waals surface area contributed by atoms with E-state index in [1.807, 2.05) is 6.92 Å². The number of hydrogen-bond donors (Lipinski definition) is 0. The molecule has 0 atom stereocenters. The maximum atomic E-state index is 12.4. The molecule has 0 aromatic carbocycles. The number of carbonyl (C=O) groups excluding carboxylic acids is 1. The minimum absolute atomic E-state index is 0.129. The molecule has 11 heteroatoms. The molecule has 0 saturated heterocycles. The van der Waals surface area contributed by atoms with Crippen molar-refractivity contribution in [3.05, 3.63) is 20.6 Å². The normalized spacial score (nSPS) is 21.8. The number of rotatable bonds is 9.